The van der Waals surface area contributed by atoms with E-state index in [4.69, 9.17) is 5.11 Å². The van der Waals surface area contributed by atoms with Crippen LogP contribution in [0.15, 0.2) is 18.2 Å². The highest BCUT2D eigenvalue weighted by Gasteiger charge is 2.31. The molecule has 0 saturated heterocycles. The van der Waals surface area contributed by atoms with Crippen LogP contribution in [0.2, 0.25) is 0 Å². The summed E-state index contributed by atoms with van der Waals surface area (Å²) in [5, 5.41) is 23.1. The summed E-state index contributed by atoms with van der Waals surface area (Å²) in [7, 11) is 0. The Labute approximate surface area is 110 Å². The lowest BCUT2D eigenvalue weighted by Gasteiger charge is -2.15. The largest absolute Gasteiger partial charge is 0.481 e. The Balaban J connectivity index is 2.16. The van der Waals surface area contributed by atoms with Crippen molar-refractivity contribution in [2.24, 2.45) is 5.92 Å². The van der Waals surface area contributed by atoms with Crippen LogP contribution in [0.25, 0.3) is 0 Å². The van der Waals surface area contributed by atoms with Gasteiger partial charge in [-0.05, 0) is 31.7 Å². The van der Waals surface area contributed by atoms with Crippen LogP contribution in [0.3, 0.4) is 0 Å². The summed E-state index contributed by atoms with van der Waals surface area (Å²) in [5.41, 5.74) is 1.34. The predicted octanol–water partition coefficient (Wildman–Crippen LogP) is 2.57. The molecule has 1 saturated carbocycles. The summed E-state index contributed by atoms with van der Waals surface area (Å²) in [6, 6.07) is 4.89. The van der Waals surface area contributed by atoms with E-state index < -0.39 is 10.9 Å². The van der Waals surface area contributed by atoms with E-state index in [0.717, 1.165) is 12.0 Å². The molecule has 19 heavy (non-hydrogen) atoms. The van der Waals surface area contributed by atoms with Crippen LogP contribution < -0.4 is 5.32 Å². The minimum absolute atomic E-state index is 0.0131. The van der Waals surface area contributed by atoms with Gasteiger partial charge >= 0.3 is 5.97 Å². The van der Waals surface area contributed by atoms with Gasteiger partial charge in [-0.1, -0.05) is 12.1 Å². The van der Waals surface area contributed by atoms with Crippen molar-refractivity contribution < 1.29 is 14.8 Å². The number of carboxylic acids is 1. The fourth-order valence-corrected chi connectivity index (χ4v) is 2.53. The monoisotopic (exact) mass is 264 g/mol. The van der Waals surface area contributed by atoms with E-state index >= 15 is 0 Å². The SMILES string of the molecule is Cc1cccc([N+](=O)[O-])c1N[C@H]1CC[C@@H](C(=O)O)C1. The number of anilines is 1. The van der Waals surface area contributed by atoms with E-state index in [1.807, 2.05) is 0 Å². The van der Waals surface area contributed by atoms with Gasteiger partial charge in [-0.3, -0.25) is 14.9 Å². The smallest absolute Gasteiger partial charge is 0.306 e. The van der Waals surface area contributed by atoms with Crippen LogP contribution in [0.5, 0.6) is 0 Å². The maximum Gasteiger partial charge on any atom is 0.306 e. The molecule has 0 unspecified atom stereocenters. The van der Waals surface area contributed by atoms with Crippen molar-refractivity contribution in [3.05, 3.63) is 33.9 Å². The Bertz CT molecular complexity index is 515. The molecule has 1 aliphatic rings. The lowest BCUT2D eigenvalue weighted by Crippen LogP contribution is -2.19. The number of aryl methyl sites for hydroxylation is 1. The van der Waals surface area contributed by atoms with E-state index in [2.05, 4.69) is 5.32 Å². The second-order valence-corrected chi connectivity index (χ2v) is 4.92. The number of para-hydroxylation sites is 1. The van der Waals surface area contributed by atoms with E-state index in [9.17, 15) is 14.9 Å². The number of nitrogens with one attached hydrogen (secondary N) is 1. The standard InChI is InChI=1S/C13H16N2O4/c1-8-3-2-4-11(15(18)19)12(8)14-10-6-5-9(7-10)13(16)17/h2-4,9-10,14H,5-7H2,1H3,(H,16,17)/t9-,10+/m1/s1. The van der Waals surface area contributed by atoms with Gasteiger partial charge < -0.3 is 10.4 Å². The third-order valence-corrected chi connectivity index (χ3v) is 3.58. The molecule has 0 aromatic heterocycles. The fraction of sp³-hybridized carbons (Fsp3) is 0.462. The number of hydrogen-bond donors (Lipinski definition) is 2. The average Bonchev–Trinajstić information content (AvgIpc) is 2.80. The van der Waals surface area contributed by atoms with E-state index in [0.29, 0.717) is 18.5 Å². The molecule has 0 amide bonds. The predicted molar refractivity (Wildman–Crippen MR) is 70.2 cm³/mol. The number of nitro groups is 1. The highest BCUT2D eigenvalue weighted by atomic mass is 16.6. The van der Waals surface area contributed by atoms with Crippen LogP contribution in [-0.4, -0.2) is 22.0 Å². The van der Waals surface area contributed by atoms with Crippen molar-refractivity contribution >= 4 is 17.3 Å². The van der Waals surface area contributed by atoms with Gasteiger partial charge in [-0.25, -0.2) is 0 Å². The van der Waals surface area contributed by atoms with Gasteiger partial charge in [0.05, 0.1) is 10.8 Å². The third-order valence-electron chi connectivity index (χ3n) is 3.58. The van der Waals surface area contributed by atoms with Crippen molar-refractivity contribution in [3.63, 3.8) is 0 Å². The lowest BCUT2D eigenvalue weighted by molar-refractivity contribution is -0.384. The average molecular weight is 264 g/mol. The van der Waals surface area contributed by atoms with E-state index in [1.165, 1.54) is 6.07 Å². The molecular weight excluding hydrogens is 248 g/mol. The summed E-state index contributed by atoms with van der Waals surface area (Å²) in [6.07, 6.45) is 1.86. The Morgan fingerprint density at radius 3 is 2.79 bits per heavy atom. The normalized spacial score (nSPS) is 22.2. The number of hydrogen-bond acceptors (Lipinski definition) is 4. The second-order valence-electron chi connectivity index (χ2n) is 4.92. The molecule has 1 aromatic rings. The lowest BCUT2D eigenvalue weighted by atomic mass is 10.1. The van der Waals surface area contributed by atoms with Gasteiger partial charge in [0, 0.05) is 12.1 Å². The minimum Gasteiger partial charge on any atom is -0.481 e. The molecule has 0 radical (unpaired) electrons. The van der Waals surface area contributed by atoms with Crippen LogP contribution in [0.4, 0.5) is 11.4 Å². The molecule has 0 heterocycles. The van der Waals surface area contributed by atoms with Gasteiger partial charge in [-0.15, -0.1) is 0 Å². The van der Waals surface area contributed by atoms with Crippen molar-refractivity contribution in [1.82, 2.24) is 0 Å². The van der Waals surface area contributed by atoms with Crippen LogP contribution >= 0.6 is 0 Å². The topological polar surface area (TPSA) is 92.5 Å². The molecule has 6 heteroatoms. The van der Waals surface area contributed by atoms with E-state index in [-0.39, 0.29) is 17.6 Å². The Morgan fingerprint density at radius 1 is 1.47 bits per heavy atom. The highest BCUT2D eigenvalue weighted by molar-refractivity contribution is 5.71. The maximum atomic E-state index is 11.0. The molecule has 6 nitrogen and oxygen atoms in total. The number of nitrogens with zero attached hydrogens (tertiary/aromatic N) is 1. The first-order valence-electron chi connectivity index (χ1n) is 6.22. The maximum absolute atomic E-state index is 11.0. The Hall–Kier alpha value is -2.11. The van der Waals surface area contributed by atoms with Gasteiger partial charge in [-0.2, -0.15) is 0 Å². The minimum atomic E-state index is -0.788. The third kappa shape index (κ3) is 2.83. The first kappa shape index (κ1) is 13.3. The molecule has 1 aliphatic carbocycles. The molecule has 102 valence electrons. The zero-order valence-corrected chi connectivity index (χ0v) is 10.6. The number of carboxylic acid groups (broad SMARTS) is 1. The number of rotatable bonds is 4. The van der Waals surface area contributed by atoms with Gasteiger partial charge in [0.2, 0.25) is 0 Å². The van der Waals surface area contributed by atoms with Crippen LogP contribution in [0, 0.1) is 23.0 Å². The molecule has 0 bridgehead atoms. The van der Waals surface area contributed by atoms with Crippen molar-refractivity contribution in [2.75, 3.05) is 5.32 Å². The highest BCUT2D eigenvalue weighted by Crippen LogP contribution is 2.33. The summed E-state index contributed by atoms with van der Waals surface area (Å²) >= 11 is 0. The molecule has 2 N–H and O–H groups in total. The van der Waals surface area contributed by atoms with Gasteiger partial charge in [0.15, 0.2) is 0 Å². The summed E-state index contributed by atoms with van der Waals surface area (Å²) in [4.78, 5) is 21.5. The quantitative estimate of drug-likeness (QED) is 0.644. The summed E-state index contributed by atoms with van der Waals surface area (Å²) in [6.45, 7) is 1.80. The summed E-state index contributed by atoms with van der Waals surface area (Å²) in [5.74, 6) is -1.14. The molecule has 2 rings (SSSR count). The first-order chi connectivity index (χ1) is 8.99. The molecular formula is C13H16N2O4. The number of benzene rings is 1. The van der Waals surface area contributed by atoms with Crippen LogP contribution in [0.1, 0.15) is 24.8 Å². The molecule has 1 fully saturated rings. The van der Waals surface area contributed by atoms with Crippen molar-refractivity contribution in [1.29, 1.82) is 0 Å². The zero-order valence-electron chi connectivity index (χ0n) is 10.6. The second kappa shape index (κ2) is 5.26. The van der Waals surface area contributed by atoms with Crippen LogP contribution in [-0.2, 0) is 4.79 Å². The van der Waals surface area contributed by atoms with Gasteiger partial charge in [0.1, 0.15) is 5.69 Å². The molecule has 0 aliphatic heterocycles. The van der Waals surface area contributed by atoms with E-state index in [1.54, 1.807) is 19.1 Å². The fourth-order valence-electron chi connectivity index (χ4n) is 2.53. The van der Waals surface area contributed by atoms with Crippen molar-refractivity contribution in [3.8, 4) is 0 Å². The number of nitro benzene ring substituents is 1. The Morgan fingerprint density at radius 2 is 2.21 bits per heavy atom. The van der Waals surface area contributed by atoms with Crippen molar-refractivity contribution in [2.45, 2.75) is 32.2 Å². The van der Waals surface area contributed by atoms with Gasteiger partial charge in [0.25, 0.3) is 5.69 Å². The molecule has 0 spiro atoms. The number of aliphatic carboxylic acids is 1. The Kier molecular flexibility index (Phi) is 3.69. The molecule has 1 aromatic carbocycles. The number of carbonyl (C=O) groups is 1. The summed E-state index contributed by atoms with van der Waals surface area (Å²) < 4.78 is 0. The zero-order chi connectivity index (χ0) is 14.0. The molecule has 2 atom stereocenters. The first-order valence-corrected chi connectivity index (χ1v) is 6.22.